The predicted molar refractivity (Wildman–Crippen MR) is 101 cm³/mol. The van der Waals surface area contributed by atoms with Gasteiger partial charge in [-0.2, -0.15) is 0 Å². The smallest absolute Gasteiger partial charge is 0.321 e. The van der Waals surface area contributed by atoms with Crippen LogP contribution >= 0.6 is 0 Å². The lowest BCUT2D eigenvalue weighted by molar-refractivity contribution is 0.102. The number of aromatic nitrogens is 2. The second kappa shape index (κ2) is 8.35. The summed E-state index contributed by atoms with van der Waals surface area (Å²) >= 11 is 0. The van der Waals surface area contributed by atoms with Crippen molar-refractivity contribution >= 4 is 22.4 Å². The third-order valence-electron chi connectivity index (χ3n) is 3.42. The zero-order valence-electron chi connectivity index (χ0n) is 14.1. The van der Waals surface area contributed by atoms with Crippen molar-refractivity contribution in [1.29, 1.82) is 0 Å². The molecule has 0 fully saturated rings. The number of amides is 1. The zero-order chi connectivity index (χ0) is 18.4. The average Bonchev–Trinajstić information content (AvgIpc) is 2.64. The van der Waals surface area contributed by atoms with E-state index in [2.05, 4.69) is 15.3 Å². The Morgan fingerprint density at radius 3 is 2.50 bits per heavy atom. The summed E-state index contributed by atoms with van der Waals surface area (Å²) < 4.78 is 16.8. The van der Waals surface area contributed by atoms with Gasteiger partial charge in [0, 0.05) is 46.5 Å². The Hall–Kier alpha value is -3.06. The van der Waals surface area contributed by atoms with Gasteiger partial charge in [0.25, 0.3) is 5.91 Å². The van der Waals surface area contributed by atoms with E-state index in [-0.39, 0.29) is 11.9 Å². The number of carbonyl (C=O) groups is 1. The molecule has 1 amide bonds. The first-order valence-electron chi connectivity index (χ1n) is 7.85. The molecule has 0 aliphatic carbocycles. The van der Waals surface area contributed by atoms with E-state index in [1.807, 2.05) is 6.07 Å². The minimum absolute atomic E-state index is 0.228. The number of nitrogens with one attached hydrogen (secondary N) is 1. The molecule has 1 N–H and O–H groups in total. The number of ether oxygens (including phenoxy) is 1. The summed E-state index contributed by atoms with van der Waals surface area (Å²) in [7, 11) is -0.951. The highest BCUT2D eigenvalue weighted by molar-refractivity contribution is 7.83. The predicted octanol–water partition coefficient (Wildman–Crippen LogP) is 3.40. The Kier molecular flexibility index (Phi) is 5.70. The van der Waals surface area contributed by atoms with Crippen LogP contribution in [0.1, 0.15) is 15.9 Å². The summed E-state index contributed by atoms with van der Waals surface area (Å²) in [6.07, 6.45) is 4.83. The number of rotatable bonds is 6. The second-order valence-electron chi connectivity index (χ2n) is 5.53. The van der Waals surface area contributed by atoms with Gasteiger partial charge in [-0.3, -0.25) is 9.00 Å². The van der Waals surface area contributed by atoms with Crippen LogP contribution in [-0.2, 0) is 16.6 Å². The van der Waals surface area contributed by atoms with Crippen molar-refractivity contribution in [3.05, 3.63) is 78.1 Å². The van der Waals surface area contributed by atoms with Gasteiger partial charge in [-0.25, -0.2) is 9.97 Å². The number of carbonyl (C=O) groups excluding carboxylic acids is 1. The highest BCUT2D eigenvalue weighted by Gasteiger charge is 2.08. The van der Waals surface area contributed by atoms with Gasteiger partial charge in [-0.05, 0) is 48.0 Å². The van der Waals surface area contributed by atoms with Gasteiger partial charge in [0.05, 0.1) is 0 Å². The fourth-order valence-electron chi connectivity index (χ4n) is 2.29. The largest absolute Gasteiger partial charge is 0.424 e. The Balaban J connectivity index is 1.65. The molecule has 7 heteroatoms. The van der Waals surface area contributed by atoms with Crippen molar-refractivity contribution in [1.82, 2.24) is 9.97 Å². The van der Waals surface area contributed by atoms with Gasteiger partial charge in [0.1, 0.15) is 5.75 Å². The fraction of sp³-hybridized carbons (Fsp3) is 0.105. The molecule has 1 atom stereocenters. The van der Waals surface area contributed by atoms with E-state index in [0.717, 1.165) is 5.56 Å². The number of nitrogens with zero attached hydrogens (tertiary/aromatic N) is 2. The van der Waals surface area contributed by atoms with Gasteiger partial charge in [0.15, 0.2) is 0 Å². The van der Waals surface area contributed by atoms with E-state index >= 15 is 0 Å². The summed E-state index contributed by atoms with van der Waals surface area (Å²) in [6, 6.07) is 16.0. The molecule has 2 aromatic carbocycles. The standard InChI is InChI=1S/C19H17N3O3S/c1-26(24)13-14-4-2-5-15(12-14)18(23)22-16-6-8-17(9-7-16)25-19-20-10-3-11-21-19/h2-12H,13H2,1H3,(H,22,23). The molecule has 26 heavy (non-hydrogen) atoms. The quantitative estimate of drug-likeness (QED) is 0.722. The van der Waals surface area contributed by atoms with Crippen LogP contribution in [0.5, 0.6) is 11.8 Å². The van der Waals surface area contributed by atoms with Crippen LogP contribution in [0.25, 0.3) is 0 Å². The summed E-state index contributed by atoms with van der Waals surface area (Å²) in [5.41, 5.74) is 2.02. The van der Waals surface area contributed by atoms with E-state index in [4.69, 9.17) is 4.74 Å². The molecule has 1 unspecified atom stereocenters. The topological polar surface area (TPSA) is 81.2 Å². The lowest BCUT2D eigenvalue weighted by atomic mass is 10.1. The first-order chi connectivity index (χ1) is 12.6. The van der Waals surface area contributed by atoms with Crippen LogP contribution in [0.2, 0.25) is 0 Å². The van der Waals surface area contributed by atoms with Crippen molar-refractivity contribution in [3.8, 4) is 11.8 Å². The van der Waals surface area contributed by atoms with Crippen molar-refractivity contribution in [3.63, 3.8) is 0 Å². The second-order valence-corrected chi connectivity index (χ2v) is 6.96. The number of hydrogen-bond acceptors (Lipinski definition) is 5. The maximum Gasteiger partial charge on any atom is 0.321 e. The Morgan fingerprint density at radius 2 is 1.81 bits per heavy atom. The molecule has 6 nitrogen and oxygen atoms in total. The highest BCUT2D eigenvalue weighted by Crippen LogP contribution is 2.20. The zero-order valence-corrected chi connectivity index (χ0v) is 14.9. The van der Waals surface area contributed by atoms with Gasteiger partial charge in [-0.1, -0.05) is 12.1 Å². The molecule has 0 aliphatic heterocycles. The average molecular weight is 367 g/mol. The minimum Gasteiger partial charge on any atom is -0.424 e. The molecule has 3 rings (SSSR count). The highest BCUT2D eigenvalue weighted by atomic mass is 32.2. The molecular weight excluding hydrogens is 350 g/mol. The summed E-state index contributed by atoms with van der Waals surface area (Å²) in [5.74, 6) is 0.768. The van der Waals surface area contributed by atoms with Crippen LogP contribution in [0.15, 0.2) is 67.0 Å². The monoisotopic (exact) mass is 367 g/mol. The van der Waals surface area contributed by atoms with Crippen LogP contribution in [0.4, 0.5) is 5.69 Å². The van der Waals surface area contributed by atoms with Crippen molar-refractivity contribution in [2.24, 2.45) is 0 Å². The van der Waals surface area contributed by atoms with E-state index in [1.165, 1.54) is 0 Å². The van der Waals surface area contributed by atoms with Crippen molar-refractivity contribution in [2.75, 3.05) is 11.6 Å². The van der Waals surface area contributed by atoms with Gasteiger partial charge >= 0.3 is 6.01 Å². The van der Waals surface area contributed by atoms with Gasteiger partial charge in [-0.15, -0.1) is 0 Å². The molecule has 3 aromatic rings. The molecule has 132 valence electrons. The third-order valence-corrected chi connectivity index (χ3v) is 4.16. The summed E-state index contributed by atoms with van der Waals surface area (Å²) in [6.45, 7) is 0. The third kappa shape index (κ3) is 4.97. The van der Waals surface area contributed by atoms with E-state index < -0.39 is 10.8 Å². The lowest BCUT2D eigenvalue weighted by Gasteiger charge is -2.08. The minimum atomic E-state index is -0.951. The van der Waals surface area contributed by atoms with E-state index in [1.54, 1.807) is 67.2 Å². The Bertz CT molecular complexity index is 915. The van der Waals surface area contributed by atoms with Crippen LogP contribution in [0.3, 0.4) is 0 Å². The first kappa shape index (κ1) is 17.8. The van der Waals surface area contributed by atoms with Crippen molar-refractivity contribution < 1.29 is 13.7 Å². The molecule has 0 radical (unpaired) electrons. The lowest BCUT2D eigenvalue weighted by Crippen LogP contribution is -2.12. The van der Waals surface area contributed by atoms with Gasteiger partial charge in [0.2, 0.25) is 0 Å². The molecular formula is C19H17N3O3S. The van der Waals surface area contributed by atoms with Crippen LogP contribution in [0, 0.1) is 0 Å². The summed E-state index contributed by atoms with van der Waals surface area (Å²) in [4.78, 5) is 20.4. The molecule has 1 heterocycles. The number of benzene rings is 2. The molecule has 0 saturated heterocycles. The molecule has 1 aromatic heterocycles. The molecule has 0 aliphatic rings. The normalized spacial score (nSPS) is 11.6. The number of anilines is 1. The van der Waals surface area contributed by atoms with Crippen molar-refractivity contribution in [2.45, 2.75) is 5.75 Å². The number of hydrogen-bond donors (Lipinski definition) is 1. The Labute approximate surface area is 153 Å². The first-order valence-corrected chi connectivity index (χ1v) is 9.58. The van der Waals surface area contributed by atoms with Gasteiger partial charge < -0.3 is 10.1 Å². The summed E-state index contributed by atoms with van der Waals surface area (Å²) in [5, 5.41) is 2.83. The van der Waals surface area contributed by atoms with E-state index in [0.29, 0.717) is 22.8 Å². The Morgan fingerprint density at radius 1 is 1.08 bits per heavy atom. The van der Waals surface area contributed by atoms with Crippen LogP contribution < -0.4 is 10.1 Å². The SMILES string of the molecule is CS(=O)Cc1cccc(C(=O)Nc2ccc(Oc3ncccn3)cc2)c1. The van der Waals surface area contributed by atoms with E-state index in [9.17, 15) is 9.00 Å². The van der Waals surface area contributed by atoms with Crippen LogP contribution in [-0.4, -0.2) is 26.3 Å². The fourth-order valence-corrected chi connectivity index (χ4v) is 2.94. The molecule has 0 saturated carbocycles. The maximum atomic E-state index is 12.4. The molecule has 0 spiro atoms. The molecule has 0 bridgehead atoms. The maximum absolute atomic E-state index is 12.4.